The van der Waals surface area contributed by atoms with Gasteiger partial charge in [0, 0.05) is 5.54 Å². The van der Waals surface area contributed by atoms with Crippen molar-refractivity contribution < 1.29 is 0 Å². The molecule has 1 heteroatoms. The molecule has 1 atom stereocenters. The summed E-state index contributed by atoms with van der Waals surface area (Å²) < 4.78 is 0. The topological polar surface area (TPSA) is 12.0 Å². The van der Waals surface area contributed by atoms with Crippen molar-refractivity contribution in [2.24, 2.45) is 5.41 Å². The second-order valence-corrected chi connectivity index (χ2v) is 6.50. The van der Waals surface area contributed by atoms with Crippen LogP contribution in [0.25, 0.3) is 0 Å². The van der Waals surface area contributed by atoms with Crippen LogP contribution in [0, 0.1) is 19.3 Å². The van der Waals surface area contributed by atoms with Crippen LogP contribution >= 0.6 is 0 Å². The first-order valence-corrected chi connectivity index (χ1v) is 6.70. The van der Waals surface area contributed by atoms with Gasteiger partial charge in [-0.25, -0.2) is 0 Å². The van der Waals surface area contributed by atoms with Crippen LogP contribution in [0.5, 0.6) is 0 Å². The molecule has 1 N–H and O–H groups in total. The number of hydrogen-bond acceptors (Lipinski definition) is 1. The standard InChI is InChI=1S/C16H25N/c1-12-7-8-13(2)14(11-12)16(15(3,4)5)9-6-10-17-16/h7-8,11,17H,6,9-10H2,1-5H3. The molecule has 1 aliphatic heterocycles. The Balaban J connectivity index is 2.57. The van der Waals surface area contributed by atoms with Gasteiger partial charge in [0.1, 0.15) is 0 Å². The van der Waals surface area contributed by atoms with Crippen LogP contribution in [0.15, 0.2) is 18.2 Å². The third kappa shape index (κ3) is 2.01. The van der Waals surface area contributed by atoms with E-state index < -0.39 is 0 Å². The highest BCUT2D eigenvalue weighted by molar-refractivity contribution is 5.38. The Labute approximate surface area is 106 Å². The van der Waals surface area contributed by atoms with Crippen molar-refractivity contribution in [2.45, 2.75) is 53.0 Å². The average Bonchev–Trinajstić information content (AvgIpc) is 2.71. The molecule has 1 fully saturated rings. The van der Waals surface area contributed by atoms with Gasteiger partial charge in [-0.05, 0) is 49.8 Å². The lowest BCUT2D eigenvalue weighted by Crippen LogP contribution is -2.48. The first kappa shape index (κ1) is 12.6. The van der Waals surface area contributed by atoms with Crippen molar-refractivity contribution in [1.29, 1.82) is 0 Å². The second kappa shape index (κ2) is 4.13. The molecule has 94 valence electrons. The molecular weight excluding hydrogens is 206 g/mol. The van der Waals surface area contributed by atoms with E-state index in [0.717, 1.165) is 6.54 Å². The number of nitrogens with one attached hydrogen (secondary N) is 1. The maximum Gasteiger partial charge on any atom is 0.0486 e. The molecule has 17 heavy (non-hydrogen) atoms. The molecule has 2 rings (SSSR count). The third-order valence-corrected chi connectivity index (χ3v) is 4.29. The van der Waals surface area contributed by atoms with E-state index in [-0.39, 0.29) is 11.0 Å². The highest BCUT2D eigenvalue weighted by Crippen LogP contribution is 2.46. The summed E-state index contributed by atoms with van der Waals surface area (Å²) in [6, 6.07) is 6.85. The van der Waals surface area contributed by atoms with E-state index in [4.69, 9.17) is 0 Å². The van der Waals surface area contributed by atoms with Crippen LogP contribution in [0.4, 0.5) is 0 Å². The first-order chi connectivity index (χ1) is 7.87. The lowest BCUT2D eigenvalue weighted by Gasteiger charge is -2.44. The van der Waals surface area contributed by atoms with Gasteiger partial charge in [-0.1, -0.05) is 44.5 Å². The molecule has 0 aliphatic carbocycles. The van der Waals surface area contributed by atoms with E-state index in [0.29, 0.717) is 0 Å². The summed E-state index contributed by atoms with van der Waals surface area (Å²) in [4.78, 5) is 0. The molecule has 0 bridgehead atoms. The van der Waals surface area contributed by atoms with Crippen molar-refractivity contribution in [2.75, 3.05) is 6.54 Å². The fourth-order valence-electron chi connectivity index (χ4n) is 3.21. The Morgan fingerprint density at radius 3 is 2.41 bits per heavy atom. The van der Waals surface area contributed by atoms with Crippen molar-refractivity contribution >= 4 is 0 Å². The largest absolute Gasteiger partial charge is 0.307 e. The molecule has 1 heterocycles. The molecule has 1 nitrogen and oxygen atoms in total. The summed E-state index contributed by atoms with van der Waals surface area (Å²) in [5.74, 6) is 0. The van der Waals surface area contributed by atoms with Crippen molar-refractivity contribution in [1.82, 2.24) is 5.32 Å². The van der Waals surface area contributed by atoms with Gasteiger partial charge in [0.15, 0.2) is 0 Å². The minimum absolute atomic E-state index is 0.156. The molecule has 0 spiro atoms. The minimum Gasteiger partial charge on any atom is -0.307 e. The summed E-state index contributed by atoms with van der Waals surface area (Å²) in [6.07, 6.45) is 2.53. The van der Waals surface area contributed by atoms with Crippen LogP contribution in [0.1, 0.15) is 50.3 Å². The smallest absolute Gasteiger partial charge is 0.0486 e. The van der Waals surface area contributed by atoms with E-state index >= 15 is 0 Å². The van der Waals surface area contributed by atoms with Gasteiger partial charge in [0.05, 0.1) is 0 Å². The molecule has 0 amide bonds. The van der Waals surface area contributed by atoms with Crippen molar-refractivity contribution in [3.8, 4) is 0 Å². The second-order valence-electron chi connectivity index (χ2n) is 6.50. The van der Waals surface area contributed by atoms with Crippen molar-refractivity contribution in [3.63, 3.8) is 0 Å². The highest BCUT2D eigenvalue weighted by Gasteiger charge is 2.45. The summed E-state index contributed by atoms with van der Waals surface area (Å²) in [5, 5.41) is 3.79. The van der Waals surface area contributed by atoms with E-state index in [1.807, 2.05) is 0 Å². The molecule has 1 unspecified atom stereocenters. The Kier molecular flexibility index (Phi) is 3.07. The summed E-state index contributed by atoms with van der Waals surface area (Å²) in [6.45, 7) is 12.6. The van der Waals surface area contributed by atoms with Crippen molar-refractivity contribution in [3.05, 3.63) is 34.9 Å². The van der Waals surface area contributed by atoms with E-state index in [9.17, 15) is 0 Å². The van der Waals surface area contributed by atoms with E-state index in [2.05, 4.69) is 58.1 Å². The van der Waals surface area contributed by atoms with E-state index in [1.54, 1.807) is 0 Å². The molecule has 1 aromatic rings. The molecule has 0 aromatic heterocycles. The molecule has 1 aromatic carbocycles. The van der Waals surface area contributed by atoms with Gasteiger partial charge in [-0.15, -0.1) is 0 Å². The maximum absolute atomic E-state index is 3.79. The molecule has 1 aliphatic rings. The lowest BCUT2D eigenvalue weighted by atomic mass is 9.67. The normalized spacial score (nSPS) is 25.2. The van der Waals surface area contributed by atoms with Gasteiger partial charge in [0.25, 0.3) is 0 Å². The van der Waals surface area contributed by atoms with Gasteiger partial charge in [0.2, 0.25) is 0 Å². The zero-order chi connectivity index (χ0) is 12.7. The van der Waals surface area contributed by atoms with Crippen LogP contribution in [0.2, 0.25) is 0 Å². The van der Waals surface area contributed by atoms with Gasteiger partial charge in [-0.2, -0.15) is 0 Å². The summed E-state index contributed by atoms with van der Waals surface area (Å²) in [5.41, 5.74) is 4.69. The minimum atomic E-state index is 0.156. The fraction of sp³-hybridized carbons (Fsp3) is 0.625. The van der Waals surface area contributed by atoms with Crippen LogP contribution in [-0.2, 0) is 5.54 Å². The Morgan fingerprint density at radius 2 is 1.88 bits per heavy atom. The van der Waals surface area contributed by atoms with E-state index in [1.165, 1.54) is 29.5 Å². The van der Waals surface area contributed by atoms with Gasteiger partial charge < -0.3 is 5.32 Å². The predicted molar refractivity (Wildman–Crippen MR) is 74.3 cm³/mol. The Morgan fingerprint density at radius 1 is 1.18 bits per heavy atom. The van der Waals surface area contributed by atoms with Crippen LogP contribution < -0.4 is 5.32 Å². The summed E-state index contributed by atoms with van der Waals surface area (Å²) >= 11 is 0. The lowest BCUT2D eigenvalue weighted by molar-refractivity contribution is 0.160. The monoisotopic (exact) mass is 231 g/mol. The fourth-order valence-corrected chi connectivity index (χ4v) is 3.21. The maximum atomic E-state index is 3.79. The van der Waals surface area contributed by atoms with Gasteiger partial charge >= 0.3 is 0 Å². The number of rotatable bonds is 1. The number of hydrogen-bond donors (Lipinski definition) is 1. The summed E-state index contributed by atoms with van der Waals surface area (Å²) in [7, 11) is 0. The quantitative estimate of drug-likeness (QED) is 0.772. The molecule has 0 saturated carbocycles. The zero-order valence-electron chi connectivity index (χ0n) is 11.9. The number of aryl methyl sites for hydroxylation is 2. The first-order valence-electron chi connectivity index (χ1n) is 6.70. The van der Waals surface area contributed by atoms with Crippen LogP contribution in [0.3, 0.4) is 0 Å². The molecule has 0 radical (unpaired) electrons. The predicted octanol–water partition coefficient (Wildman–Crippen LogP) is 3.93. The van der Waals surface area contributed by atoms with Crippen LogP contribution in [-0.4, -0.2) is 6.54 Å². The molecular formula is C16H25N. The highest BCUT2D eigenvalue weighted by atomic mass is 15.0. The third-order valence-electron chi connectivity index (χ3n) is 4.29. The number of benzene rings is 1. The average molecular weight is 231 g/mol. The zero-order valence-corrected chi connectivity index (χ0v) is 11.9. The molecule has 1 saturated heterocycles. The SMILES string of the molecule is Cc1ccc(C)c(C2(C(C)(C)C)CCCN2)c1. The Hall–Kier alpha value is -0.820. The van der Waals surface area contributed by atoms with Gasteiger partial charge in [-0.3, -0.25) is 0 Å². The Bertz CT molecular complexity index is 406.